The third kappa shape index (κ3) is 9.04. The molecule has 238 valence electrons. The van der Waals surface area contributed by atoms with Crippen LogP contribution in [-0.4, -0.2) is 60.1 Å². The van der Waals surface area contributed by atoms with E-state index in [2.05, 4.69) is 26.4 Å². The van der Waals surface area contributed by atoms with Crippen LogP contribution in [0.3, 0.4) is 0 Å². The molecule has 0 saturated heterocycles. The van der Waals surface area contributed by atoms with Crippen LogP contribution in [-0.2, 0) is 6.54 Å². The van der Waals surface area contributed by atoms with E-state index >= 15 is 0 Å². The molecule has 5 N–H and O–H groups in total. The van der Waals surface area contributed by atoms with Crippen molar-refractivity contribution in [2.24, 2.45) is 0 Å². The molecular formula is C32H43N5O7. The molecule has 3 aromatic rings. The number of nitrogens with zero attached hydrogens (tertiary/aromatic N) is 1. The topological polar surface area (TPSA) is 164 Å². The van der Waals surface area contributed by atoms with Gasteiger partial charge in [-0.2, -0.15) is 0 Å². The fraction of sp³-hybridized carbons (Fsp3) is 0.438. The maximum Gasteiger partial charge on any atom is 0.412 e. The van der Waals surface area contributed by atoms with Gasteiger partial charge in [-0.25, -0.2) is 9.59 Å². The van der Waals surface area contributed by atoms with Gasteiger partial charge in [-0.05, 0) is 63.3 Å². The minimum absolute atomic E-state index is 0.0300. The third-order valence-electron chi connectivity index (χ3n) is 6.30. The van der Waals surface area contributed by atoms with Crippen LogP contribution in [0.5, 0.6) is 11.5 Å². The van der Waals surface area contributed by atoms with Gasteiger partial charge in [-0.1, -0.05) is 43.3 Å². The number of benzene rings is 2. The van der Waals surface area contributed by atoms with E-state index in [0.29, 0.717) is 41.9 Å². The number of rotatable bonds is 13. The number of amides is 3. The smallest absolute Gasteiger partial charge is 0.410 e. The Kier molecular flexibility index (Phi) is 12.3. The first-order valence-electron chi connectivity index (χ1n) is 14.8. The molecule has 0 atom stereocenters. The molecule has 0 spiro atoms. The van der Waals surface area contributed by atoms with E-state index in [1.54, 1.807) is 26.8 Å². The Labute approximate surface area is 257 Å². The van der Waals surface area contributed by atoms with Crippen LogP contribution in [0.15, 0.2) is 40.9 Å². The van der Waals surface area contributed by atoms with Crippen molar-refractivity contribution in [1.82, 2.24) is 26.4 Å². The van der Waals surface area contributed by atoms with E-state index in [-0.39, 0.29) is 47.6 Å². The van der Waals surface area contributed by atoms with Gasteiger partial charge in [0.25, 0.3) is 5.91 Å². The zero-order valence-electron chi connectivity index (χ0n) is 26.4. The van der Waals surface area contributed by atoms with Crippen molar-refractivity contribution in [1.29, 1.82) is 0 Å². The van der Waals surface area contributed by atoms with Gasteiger partial charge in [0.1, 0.15) is 11.5 Å². The summed E-state index contributed by atoms with van der Waals surface area (Å²) < 4.78 is 17.3. The maximum absolute atomic E-state index is 13.1. The van der Waals surface area contributed by atoms with E-state index in [0.717, 1.165) is 5.56 Å². The van der Waals surface area contributed by atoms with E-state index in [9.17, 15) is 14.4 Å². The van der Waals surface area contributed by atoms with E-state index in [1.807, 2.05) is 52.0 Å². The molecule has 0 bridgehead atoms. The van der Waals surface area contributed by atoms with Crippen LogP contribution < -0.4 is 30.7 Å². The molecule has 0 unspecified atom stereocenters. The third-order valence-corrected chi connectivity index (χ3v) is 6.30. The summed E-state index contributed by atoms with van der Waals surface area (Å²) in [5, 5.41) is 24.5. The molecule has 12 heteroatoms. The van der Waals surface area contributed by atoms with Gasteiger partial charge >= 0.3 is 12.2 Å². The Hall–Kier alpha value is -4.42. The van der Waals surface area contributed by atoms with Gasteiger partial charge in [-0.15, -0.1) is 0 Å². The van der Waals surface area contributed by atoms with Crippen LogP contribution in [0, 0.1) is 0 Å². The Bertz CT molecular complexity index is 1430. The highest BCUT2D eigenvalue weighted by Crippen LogP contribution is 2.44. The Morgan fingerprint density at radius 3 is 2.07 bits per heavy atom. The summed E-state index contributed by atoms with van der Waals surface area (Å²) in [6, 6.07) is 10.3. The lowest BCUT2D eigenvalue weighted by Gasteiger charge is -2.19. The van der Waals surface area contributed by atoms with Crippen LogP contribution in [0.25, 0.3) is 22.5 Å². The van der Waals surface area contributed by atoms with Crippen molar-refractivity contribution >= 4 is 18.1 Å². The molecule has 0 aliphatic carbocycles. The average molecular weight is 610 g/mol. The quantitative estimate of drug-likeness (QED) is 0.169. The predicted molar refractivity (Wildman–Crippen MR) is 167 cm³/mol. The lowest BCUT2D eigenvalue weighted by atomic mass is 9.93. The van der Waals surface area contributed by atoms with Crippen LogP contribution >= 0.6 is 0 Å². The number of ether oxygens (including phenoxy) is 2. The summed E-state index contributed by atoms with van der Waals surface area (Å²) in [5.41, 5.74) is 3.07. The second-order valence-electron chi connectivity index (χ2n) is 11.1. The maximum atomic E-state index is 13.1. The minimum atomic E-state index is -0.721. The van der Waals surface area contributed by atoms with Crippen molar-refractivity contribution in [3.8, 4) is 33.9 Å². The molecule has 0 radical (unpaired) electrons. The molecule has 0 saturated carbocycles. The van der Waals surface area contributed by atoms with Crippen molar-refractivity contribution < 1.29 is 33.5 Å². The van der Waals surface area contributed by atoms with Crippen LogP contribution in [0.4, 0.5) is 9.59 Å². The largest absolute Gasteiger partial charge is 0.412 e. The van der Waals surface area contributed by atoms with E-state index in [4.69, 9.17) is 19.1 Å². The zero-order chi connectivity index (χ0) is 32.4. The molecule has 0 aliphatic rings. The highest BCUT2D eigenvalue weighted by atomic mass is 16.6. The fourth-order valence-corrected chi connectivity index (χ4v) is 4.35. The molecule has 0 aliphatic heterocycles. The van der Waals surface area contributed by atoms with Crippen molar-refractivity contribution in [2.45, 2.75) is 73.0 Å². The van der Waals surface area contributed by atoms with Crippen molar-refractivity contribution in [2.75, 3.05) is 19.7 Å². The SMILES string of the molecule is CCNC(=O)c1noc(-c2cc(C(C)C)c(OC(=O)NC(C)C)cc2OC(=O)NC(C)C)c1-c1ccc(CNCCO)cc1. The number of hydrogen-bond donors (Lipinski definition) is 5. The summed E-state index contributed by atoms with van der Waals surface area (Å²) in [4.78, 5) is 38.5. The average Bonchev–Trinajstić information content (AvgIpc) is 3.38. The molecular weight excluding hydrogens is 566 g/mol. The molecule has 44 heavy (non-hydrogen) atoms. The molecule has 2 aromatic carbocycles. The standard InChI is InChI=1S/C32H43N5O7/c1-8-34-30(39)28-27(22-11-9-21(10-12-22)17-33-13-14-38)29(44-37-28)24-15-23(18(2)3)25(42-31(40)35-19(4)5)16-26(24)43-32(41)36-20(6)7/h9-12,15-16,18-20,33,38H,8,13-14,17H2,1-7H3,(H,34,39)(H,35,40)(H,36,41). The zero-order valence-corrected chi connectivity index (χ0v) is 26.4. The summed E-state index contributed by atoms with van der Waals surface area (Å²) in [6.45, 7) is 14.3. The number of carbonyl (C=O) groups is 3. The number of carbonyl (C=O) groups excluding carboxylic acids is 3. The first-order valence-corrected chi connectivity index (χ1v) is 14.8. The van der Waals surface area contributed by atoms with Crippen LogP contribution in [0.1, 0.15) is 76.0 Å². The predicted octanol–water partition coefficient (Wildman–Crippen LogP) is 4.96. The summed E-state index contributed by atoms with van der Waals surface area (Å²) in [6.07, 6.45) is -1.37. The van der Waals surface area contributed by atoms with Gasteiger partial charge in [0.05, 0.1) is 17.7 Å². The molecule has 12 nitrogen and oxygen atoms in total. The molecule has 3 amide bonds. The summed E-state index contributed by atoms with van der Waals surface area (Å²) >= 11 is 0. The van der Waals surface area contributed by atoms with Gasteiger partial charge in [0.2, 0.25) is 0 Å². The highest BCUT2D eigenvalue weighted by molar-refractivity contribution is 6.02. The lowest BCUT2D eigenvalue weighted by molar-refractivity contribution is 0.0947. The number of aromatic nitrogens is 1. The monoisotopic (exact) mass is 609 g/mol. The Morgan fingerprint density at radius 2 is 1.52 bits per heavy atom. The first-order chi connectivity index (χ1) is 20.9. The second kappa shape index (κ2) is 15.9. The van der Waals surface area contributed by atoms with Crippen molar-refractivity contribution in [3.05, 3.63) is 53.2 Å². The number of aliphatic hydroxyl groups excluding tert-OH is 1. The number of aliphatic hydroxyl groups is 1. The van der Waals surface area contributed by atoms with Gasteiger partial charge in [0.15, 0.2) is 11.5 Å². The van der Waals surface area contributed by atoms with E-state index < -0.39 is 18.1 Å². The second-order valence-corrected chi connectivity index (χ2v) is 11.1. The number of nitrogens with one attached hydrogen (secondary N) is 4. The molecule has 1 aromatic heterocycles. The first kappa shape index (κ1) is 34.1. The Morgan fingerprint density at radius 1 is 0.909 bits per heavy atom. The molecule has 1 heterocycles. The van der Waals surface area contributed by atoms with Gasteiger partial charge in [0, 0.05) is 37.8 Å². The summed E-state index contributed by atoms with van der Waals surface area (Å²) in [7, 11) is 0. The van der Waals surface area contributed by atoms with Gasteiger partial charge in [-0.3, -0.25) is 4.79 Å². The highest BCUT2D eigenvalue weighted by Gasteiger charge is 2.29. The molecule has 3 rings (SSSR count). The van der Waals surface area contributed by atoms with Crippen LogP contribution in [0.2, 0.25) is 0 Å². The van der Waals surface area contributed by atoms with Crippen molar-refractivity contribution in [3.63, 3.8) is 0 Å². The number of hydrogen-bond acceptors (Lipinski definition) is 9. The summed E-state index contributed by atoms with van der Waals surface area (Å²) in [5.74, 6) is -0.0944. The fourth-order valence-electron chi connectivity index (χ4n) is 4.35. The lowest BCUT2D eigenvalue weighted by Crippen LogP contribution is -2.33. The van der Waals surface area contributed by atoms with Gasteiger partial charge < -0.3 is 40.4 Å². The molecule has 0 fully saturated rings. The minimum Gasteiger partial charge on any atom is -0.410 e. The van der Waals surface area contributed by atoms with E-state index in [1.165, 1.54) is 6.07 Å². The normalized spacial score (nSPS) is 11.2. The Balaban J connectivity index is 2.24.